The van der Waals surface area contributed by atoms with Crippen LogP contribution in [0, 0.1) is 6.92 Å². The average Bonchev–Trinajstić information content (AvgIpc) is 3.36. The van der Waals surface area contributed by atoms with Gasteiger partial charge in [-0.15, -0.1) is 11.3 Å². The number of nitrogens with zero attached hydrogens (tertiary/aromatic N) is 3. The molecule has 3 aromatic heterocycles. The van der Waals surface area contributed by atoms with E-state index in [0.29, 0.717) is 20.7 Å². The Bertz CT molecular complexity index is 1290. The Morgan fingerprint density at radius 1 is 1.31 bits per heavy atom. The van der Waals surface area contributed by atoms with E-state index in [2.05, 4.69) is 15.0 Å². The van der Waals surface area contributed by atoms with Crippen molar-refractivity contribution in [1.29, 1.82) is 0 Å². The molecule has 0 saturated carbocycles. The first-order valence-electron chi connectivity index (χ1n) is 8.55. The van der Waals surface area contributed by atoms with Gasteiger partial charge in [0.15, 0.2) is 5.82 Å². The molecule has 3 heterocycles. The number of ether oxygens (including phenoxy) is 1. The molecule has 4 aromatic rings. The first kappa shape index (κ1) is 19.1. The van der Waals surface area contributed by atoms with Crippen LogP contribution in [0.4, 0.5) is 0 Å². The number of carbonyl (C=O) groups is 1. The summed E-state index contributed by atoms with van der Waals surface area (Å²) >= 11 is 7.52. The maximum atomic E-state index is 12.5. The van der Waals surface area contributed by atoms with E-state index in [-0.39, 0.29) is 16.4 Å². The molecule has 0 radical (unpaired) electrons. The number of aromatic nitrogens is 4. The van der Waals surface area contributed by atoms with Crippen molar-refractivity contribution in [3.05, 3.63) is 75.2 Å². The Balaban J connectivity index is 1.70. The minimum atomic E-state index is -0.494. The van der Waals surface area contributed by atoms with Crippen LogP contribution >= 0.6 is 22.9 Å². The minimum absolute atomic E-state index is 0.237. The summed E-state index contributed by atoms with van der Waals surface area (Å²) in [6.45, 7) is 1.70. The summed E-state index contributed by atoms with van der Waals surface area (Å²) < 4.78 is 6.66. The van der Waals surface area contributed by atoms with Gasteiger partial charge >= 0.3 is 5.97 Å². The summed E-state index contributed by atoms with van der Waals surface area (Å²) in [6.07, 6.45) is 6.99. The third-order valence-corrected chi connectivity index (χ3v) is 5.84. The van der Waals surface area contributed by atoms with E-state index in [0.717, 1.165) is 22.6 Å². The Labute approximate surface area is 174 Å². The fraction of sp³-hybridized carbons (Fsp3) is 0.100. The van der Waals surface area contributed by atoms with Crippen LogP contribution in [0.15, 0.2) is 47.8 Å². The molecule has 0 saturated heterocycles. The number of imidazole rings is 1. The third-order valence-electron chi connectivity index (χ3n) is 4.39. The summed E-state index contributed by atoms with van der Waals surface area (Å²) in [7, 11) is 1.30. The molecule has 0 unspecified atom stereocenters. The number of rotatable bonds is 4. The van der Waals surface area contributed by atoms with Gasteiger partial charge in [-0.05, 0) is 36.3 Å². The Morgan fingerprint density at radius 2 is 2.07 bits per heavy atom. The quantitative estimate of drug-likeness (QED) is 0.498. The van der Waals surface area contributed by atoms with Crippen molar-refractivity contribution in [2.24, 2.45) is 0 Å². The molecule has 4 rings (SSSR count). The number of hydrogen-bond donors (Lipinski definition) is 1. The predicted molar refractivity (Wildman–Crippen MR) is 114 cm³/mol. The fourth-order valence-corrected chi connectivity index (χ4v) is 4.23. The van der Waals surface area contributed by atoms with Crippen LogP contribution in [0.5, 0.6) is 0 Å². The zero-order chi connectivity index (χ0) is 20.5. The number of hydrogen-bond acceptors (Lipinski definition) is 6. The van der Waals surface area contributed by atoms with Crippen LogP contribution in [0.1, 0.15) is 26.6 Å². The number of aromatic amines is 1. The van der Waals surface area contributed by atoms with Gasteiger partial charge in [0, 0.05) is 18.1 Å². The number of methoxy groups -OCH3 is 1. The lowest BCUT2D eigenvalue weighted by atomic mass is 10.2. The molecule has 29 heavy (non-hydrogen) atoms. The summed E-state index contributed by atoms with van der Waals surface area (Å²) in [5.41, 5.74) is 2.01. The molecule has 0 aliphatic rings. The third kappa shape index (κ3) is 3.59. The highest BCUT2D eigenvalue weighted by atomic mass is 35.5. The molecule has 0 amide bonds. The Morgan fingerprint density at radius 3 is 2.72 bits per heavy atom. The zero-order valence-corrected chi connectivity index (χ0v) is 17.0. The molecular weight excluding hydrogens is 412 g/mol. The van der Waals surface area contributed by atoms with E-state index in [4.69, 9.17) is 16.3 Å². The first-order chi connectivity index (χ1) is 14.0. The molecule has 146 valence electrons. The monoisotopic (exact) mass is 426 g/mol. The van der Waals surface area contributed by atoms with Crippen molar-refractivity contribution in [2.75, 3.05) is 7.11 Å². The normalized spacial score (nSPS) is 11.8. The molecule has 0 fully saturated rings. The number of halogens is 1. The highest BCUT2D eigenvalue weighted by Crippen LogP contribution is 2.29. The number of carbonyl (C=O) groups excluding carboxylic acids is 1. The fourth-order valence-electron chi connectivity index (χ4n) is 2.91. The van der Waals surface area contributed by atoms with Gasteiger partial charge in [-0.25, -0.2) is 14.8 Å². The van der Waals surface area contributed by atoms with Gasteiger partial charge in [0.2, 0.25) is 0 Å². The van der Waals surface area contributed by atoms with Crippen LogP contribution in [0.25, 0.3) is 27.0 Å². The topological polar surface area (TPSA) is 89.9 Å². The number of esters is 1. The summed E-state index contributed by atoms with van der Waals surface area (Å²) in [5.74, 6) is -0.258. The molecule has 0 aliphatic carbocycles. The van der Waals surface area contributed by atoms with Gasteiger partial charge in [-0.3, -0.25) is 4.79 Å². The number of nitrogens with one attached hydrogen (secondary N) is 1. The van der Waals surface area contributed by atoms with E-state index < -0.39 is 5.97 Å². The lowest BCUT2D eigenvalue weighted by Gasteiger charge is -2.03. The second-order valence-electron chi connectivity index (χ2n) is 6.20. The van der Waals surface area contributed by atoms with E-state index >= 15 is 0 Å². The Hall–Kier alpha value is -3.23. The predicted octanol–water partition coefficient (Wildman–Crippen LogP) is 4.00. The maximum Gasteiger partial charge on any atom is 0.348 e. The van der Waals surface area contributed by atoms with Crippen molar-refractivity contribution in [2.45, 2.75) is 6.92 Å². The molecular formula is C20H15ClN4O3S. The average molecular weight is 427 g/mol. The van der Waals surface area contributed by atoms with Crippen molar-refractivity contribution in [1.82, 2.24) is 19.5 Å². The second-order valence-corrected chi connectivity index (χ2v) is 7.60. The largest absolute Gasteiger partial charge is 0.465 e. The van der Waals surface area contributed by atoms with Gasteiger partial charge < -0.3 is 14.3 Å². The number of H-pyrrole nitrogens is 1. The smallest absolute Gasteiger partial charge is 0.348 e. The molecule has 0 bridgehead atoms. The van der Waals surface area contributed by atoms with E-state index in [9.17, 15) is 9.59 Å². The van der Waals surface area contributed by atoms with Gasteiger partial charge in [-0.1, -0.05) is 23.7 Å². The molecule has 1 N–H and O–H groups in total. The molecule has 7 nitrogen and oxygen atoms in total. The number of fused-ring (bicyclic) bond motifs is 1. The van der Waals surface area contributed by atoms with Gasteiger partial charge in [0.25, 0.3) is 5.56 Å². The SMILES string of the molecule is COC(=O)c1sc2nc(/C(Cl)=C/c3ccc(-n4ccnc4)cc3)[nH]c(=O)c2c1C. The lowest BCUT2D eigenvalue weighted by Crippen LogP contribution is -2.10. The zero-order valence-electron chi connectivity index (χ0n) is 15.5. The summed E-state index contributed by atoms with van der Waals surface area (Å²) in [6, 6.07) is 7.67. The molecule has 0 aliphatic heterocycles. The van der Waals surface area contributed by atoms with Crippen molar-refractivity contribution >= 4 is 50.2 Å². The lowest BCUT2D eigenvalue weighted by molar-refractivity contribution is 0.0605. The Kier molecular flexibility index (Phi) is 5.04. The van der Waals surface area contributed by atoms with Crippen LogP contribution in [0.2, 0.25) is 0 Å². The van der Waals surface area contributed by atoms with Crippen molar-refractivity contribution in [3.8, 4) is 5.69 Å². The molecule has 0 spiro atoms. The minimum Gasteiger partial charge on any atom is -0.465 e. The molecule has 9 heteroatoms. The molecule has 0 atom stereocenters. The van der Waals surface area contributed by atoms with Crippen LogP contribution in [-0.2, 0) is 4.74 Å². The highest BCUT2D eigenvalue weighted by molar-refractivity contribution is 7.20. The van der Waals surface area contributed by atoms with Crippen LogP contribution < -0.4 is 5.56 Å². The van der Waals surface area contributed by atoms with Gasteiger partial charge in [0.05, 0.1) is 23.9 Å². The van der Waals surface area contributed by atoms with Crippen molar-refractivity contribution < 1.29 is 9.53 Å². The summed E-state index contributed by atoms with van der Waals surface area (Å²) in [4.78, 5) is 36.4. The maximum absolute atomic E-state index is 12.5. The number of aryl methyl sites for hydroxylation is 1. The first-order valence-corrected chi connectivity index (χ1v) is 9.75. The number of benzene rings is 1. The standard InChI is InChI=1S/C20H15ClN4O3S/c1-11-15-18(26)23-17(24-19(15)29-16(11)20(27)28-2)14(21)9-12-3-5-13(6-4-12)25-8-7-22-10-25/h3-10H,1-2H3,(H,23,24,26)/b14-9-. The van der Waals surface area contributed by atoms with E-state index in [1.54, 1.807) is 25.5 Å². The summed E-state index contributed by atoms with van der Waals surface area (Å²) in [5, 5.41) is 0.651. The van der Waals surface area contributed by atoms with Crippen molar-refractivity contribution in [3.63, 3.8) is 0 Å². The highest BCUT2D eigenvalue weighted by Gasteiger charge is 2.20. The number of thiophene rings is 1. The molecule has 1 aromatic carbocycles. The van der Waals surface area contributed by atoms with Crippen LogP contribution in [0.3, 0.4) is 0 Å². The van der Waals surface area contributed by atoms with Gasteiger partial charge in [-0.2, -0.15) is 0 Å². The second kappa shape index (κ2) is 7.65. The van der Waals surface area contributed by atoms with Gasteiger partial charge in [0.1, 0.15) is 9.71 Å². The van der Waals surface area contributed by atoms with Crippen LogP contribution in [-0.4, -0.2) is 32.6 Å². The van der Waals surface area contributed by atoms with E-state index in [1.165, 1.54) is 7.11 Å². The van der Waals surface area contributed by atoms with E-state index in [1.807, 2.05) is 35.0 Å².